The van der Waals surface area contributed by atoms with E-state index in [0.29, 0.717) is 6.42 Å². The summed E-state index contributed by atoms with van der Waals surface area (Å²) in [5.74, 6) is 0.153. The van der Waals surface area contributed by atoms with Gasteiger partial charge in [0.05, 0.1) is 0 Å². The van der Waals surface area contributed by atoms with E-state index in [1.54, 1.807) is 0 Å². The van der Waals surface area contributed by atoms with Crippen LogP contribution in [0, 0.1) is 0 Å². The summed E-state index contributed by atoms with van der Waals surface area (Å²) in [6.07, 6.45) is 0.589. The Morgan fingerprint density at radius 1 is 1.12 bits per heavy atom. The van der Waals surface area contributed by atoms with Gasteiger partial charge in [-0.15, -0.1) is 0 Å². The molecular formula is C15H15NO. The van der Waals surface area contributed by atoms with E-state index in [9.17, 15) is 4.79 Å². The first kappa shape index (κ1) is 10.3. The fraction of sp³-hybridized carbons (Fsp3) is 0.267. The van der Waals surface area contributed by atoms with Crippen LogP contribution >= 0.6 is 0 Å². The highest BCUT2D eigenvalue weighted by molar-refractivity contribution is 5.85. The Kier molecular flexibility index (Phi) is 2.18. The molecule has 0 spiro atoms. The third kappa shape index (κ3) is 1.70. The van der Waals surface area contributed by atoms with Crippen molar-refractivity contribution in [2.75, 3.05) is 6.54 Å². The molecule has 2 aromatic carbocycles. The molecule has 1 N–H and O–H groups in total. The van der Waals surface area contributed by atoms with Crippen molar-refractivity contribution in [3.8, 4) is 0 Å². The second-order valence-corrected chi connectivity index (χ2v) is 5.08. The molecule has 17 heavy (non-hydrogen) atoms. The Bertz CT molecular complexity index is 590. The highest BCUT2D eigenvalue weighted by atomic mass is 16.1. The molecule has 0 radical (unpaired) electrons. The summed E-state index contributed by atoms with van der Waals surface area (Å²) in [5.41, 5.74) is 1.19. The van der Waals surface area contributed by atoms with Gasteiger partial charge in [0, 0.05) is 18.4 Å². The molecule has 1 amide bonds. The zero-order valence-electron chi connectivity index (χ0n) is 9.86. The van der Waals surface area contributed by atoms with E-state index in [2.05, 4.69) is 42.6 Å². The van der Waals surface area contributed by atoms with E-state index in [-0.39, 0.29) is 11.3 Å². The fourth-order valence-electron chi connectivity index (χ4n) is 2.54. The van der Waals surface area contributed by atoms with Crippen molar-refractivity contribution < 1.29 is 4.79 Å². The lowest BCUT2D eigenvalue weighted by atomic mass is 9.81. The van der Waals surface area contributed by atoms with E-state index in [1.165, 1.54) is 16.3 Å². The zero-order valence-corrected chi connectivity index (χ0v) is 9.86. The second-order valence-electron chi connectivity index (χ2n) is 5.08. The van der Waals surface area contributed by atoms with Gasteiger partial charge in [-0.3, -0.25) is 4.79 Å². The van der Waals surface area contributed by atoms with Crippen molar-refractivity contribution in [1.82, 2.24) is 5.32 Å². The van der Waals surface area contributed by atoms with Gasteiger partial charge < -0.3 is 5.32 Å². The zero-order chi connectivity index (χ0) is 11.9. The predicted molar refractivity (Wildman–Crippen MR) is 68.9 cm³/mol. The Morgan fingerprint density at radius 3 is 2.59 bits per heavy atom. The summed E-state index contributed by atoms with van der Waals surface area (Å²) < 4.78 is 0. The molecule has 1 saturated heterocycles. The van der Waals surface area contributed by atoms with Crippen LogP contribution in [-0.2, 0) is 10.2 Å². The van der Waals surface area contributed by atoms with E-state index in [4.69, 9.17) is 0 Å². The first-order chi connectivity index (χ1) is 8.17. The molecular weight excluding hydrogens is 210 g/mol. The maximum Gasteiger partial charge on any atom is 0.220 e. The summed E-state index contributed by atoms with van der Waals surface area (Å²) in [6.45, 7) is 2.89. The maximum absolute atomic E-state index is 11.4. The lowest BCUT2D eigenvalue weighted by molar-refractivity contribution is -0.119. The number of carbonyl (C=O) groups is 1. The van der Waals surface area contributed by atoms with E-state index in [0.717, 1.165) is 6.54 Å². The van der Waals surface area contributed by atoms with Gasteiger partial charge in [0.1, 0.15) is 0 Å². The monoisotopic (exact) mass is 225 g/mol. The van der Waals surface area contributed by atoms with Crippen molar-refractivity contribution >= 4 is 16.7 Å². The van der Waals surface area contributed by atoms with Crippen LogP contribution in [0.5, 0.6) is 0 Å². The minimum absolute atomic E-state index is 0.0544. The molecule has 1 unspecified atom stereocenters. The van der Waals surface area contributed by atoms with Crippen molar-refractivity contribution in [2.45, 2.75) is 18.8 Å². The predicted octanol–water partition coefficient (Wildman–Crippen LogP) is 2.62. The highest BCUT2D eigenvalue weighted by Crippen LogP contribution is 2.32. The fourth-order valence-corrected chi connectivity index (χ4v) is 2.54. The van der Waals surface area contributed by atoms with Crippen LogP contribution in [0.25, 0.3) is 10.8 Å². The molecule has 3 rings (SSSR count). The van der Waals surface area contributed by atoms with Crippen molar-refractivity contribution in [1.29, 1.82) is 0 Å². The molecule has 2 nitrogen and oxygen atoms in total. The van der Waals surface area contributed by atoms with Gasteiger partial charge in [0.2, 0.25) is 5.91 Å². The van der Waals surface area contributed by atoms with Crippen molar-refractivity contribution in [3.05, 3.63) is 48.0 Å². The Hall–Kier alpha value is -1.83. The minimum atomic E-state index is -0.0544. The van der Waals surface area contributed by atoms with Gasteiger partial charge in [-0.1, -0.05) is 49.4 Å². The number of fused-ring (bicyclic) bond motifs is 1. The first-order valence-electron chi connectivity index (χ1n) is 5.93. The van der Waals surface area contributed by atoms with Gasteiger partial charge >= 0.3 is 0 Å². The van der Waals surface area contributed by atoms with Gasteiger partial charge in [-0.25, -0.2) is 0 Å². The summed E-state index contributed by atoms with van der Waals surface area (Å²) in [5, 5.41) is 5.41. The molecule has 1 fully saturated rings. The van der Waals surface area contributed by atoms with Crippen molar-refractivity contribution in [2.24, 2.45) is 0 Å². The van der Waals surface area contributed by atoms with Crippen LogP contribution in [0.15, 0.2) is 42.5 Å². The van der Waals surface area contributed by atoms with Crippen LogP contribution in [0.2, 0.25) is 0 Å². The number of hydrogen-bond donors (Lipinski definition) is 1. The van der Waals surface area contributed by atoms with Crippen LogP contribution in [0.3, 0.4) is 0 Å². The van der Waals surface area contributed by atoms with Gasteiger partial charge in [0.25, 0.3) is 0 Å². The van der Waals surface area contributed by atoms with Gasteiger partial charge in [-0.2, -0.15) is 0 Å². The largest absolute Gasteiger partial charge is 0.355 e. The molecule has 2 aromatic rings. The minimum Gasteiger partial charge on any atom is -0.355 e. The number of benzene rings is 2. The van der Waals surface area contributed by atoms with Crippen LogP contribution in [0.1, 0.15) is 18.9 Å². The van der Waals surface area contributed by atoms with Crippen LogP contribution < -0.4 is 5.32 Å². The summed E-state index contributed by atoms with van der Waals surface area (Å²) in [6, 6.07) is 14.8. The Balaban J connectivity index is 2.09. The molecule has 0 aliphatic carbocycles. The normalized spacial score (nSPS) is 23.9. The van der Waals surface area contributed by atoms with Gasteiger partial charge in [-0.05, 0) is 16.3 Å². The molecule has 1 aliphatic rings. The Morgan fingerprint density at radius 2 is 1.88 bits per heavy atom. The molecule has 2 heteroatoms. The maximum atomic E-state index is 11.4. The summed E-state index contributed by atoms with van der Waals surface area (Å²) >= 11 is 0. The molecule has 1 heterocycles. The smallest absolute Gasteiger partial charge is 0.220 e. The van der Waals surface area contributed by atoms with Crippen LogP contribution in [-0.4, -0.2) is 12.5 Å². The molecule has 1 atom stereocenters. The molecule has 0 saturated carbocycles. The number of amides is 1. The SMILES string of the molecule is CC1(c2ccc3ccccc3c2)CNC(=O)C1. The number of rotatable bonds is 1. The van der Waals surface area contributed by atoms with Crippen molar-refractivity contribution in [3.63, 3.8) is 0 Å². The molecule has 0 aromatic heterocycles. The van der Waals surface area contributed by atoms with E-state index < -0.39 is 0 Å². The highest BCUT2D eigenvalue weighted by Gasteiger charge is 2.35. The van der Waals surface area contributed by atoms with E-state index in [1.807, 2.05) is 12.1 Å². The number of carbonyl (C=O) groups excluding carboxylic acids is 1. The summed E-state index contributed by atoms with van der Waals surface area (Å²) in [4.78, 5) is 11.4. The van der Waals surface area contributed by atoms with Gasteiger partial charge in [0.15, 0.2) is 0 Å². The number of hydrogen-bond acceptors (Lipinski definition) is 1. The third-order valence-corrected chi connectivity index (χ3v) is 3.67. The Labute approximate surface area is 101 Å². The van der Waals surface area contributed by atoms with Crippen LogP contribution in [0.4, 0.5) is 0 Å². The topological polar surface area (TPSA) is 29.1 Å². The average Bonchev–Trinajstić information content (AvgIpc) is 2.70. The third-order valence-electron chi connectivity index (χ3n) is 3.67. The molecule has 0 bridgehead atoms. The quantitative estimate of drug-likeness (QED) is 0.794. The summed E-state index contributed by atoms with van der Waals surface area (Å²) in [7, 11) is 0. The first-order valence-corrected chi connectivity index (χ1v) is 5.93. The second kappa shape index (κ2) is 3.59. The standard InChI is InChI=1S/C15H15NO/c1-15(9-14(17)16-10-15)13-7-6-11-4-2-3-5-12(11)8-13/h2-8H,9-10H2,1H3,(H,16,17). The lowest BCUT2D eigenvalue weighted by Gasteiger charge is -2.22. The van der Waals surface area contributed by atoms with E-state index >= 15 is 0 Å². The number of nitrogens with one attached hydrogen (secondary N) is 1. The molecule has 1 aliphatic heterocycles. The average molecular weight is 225 g/mol. The lowest BCUT2D eigenvalue weighted by Crippen LogP contribution is -2.24. The molecule has 86 valence electrons.